The molecule has 0 aliphatic heterocycles. The average molecular weight is 217 g/mol. The summed E-state index contributed by atoms with van der Waals surface area (Å²) in [7, 11) is 5.28. The van der Waals surface area contributed by atoms with Crippen LogP contribution in [0.2, 0.25) is 0 Å². The molecule has 1 aromatic rings. The first-order chi connectivity index (χ1) is 7.54. The zero-order valence-corrected chi connectivity index (χ0v) is 9.77. The summed E-state index contributed by atoms with van der Waals surface area (Å²) in [5.74, 6) is 0.0323. The largest absolute Gasteiger partial charge is 0.365 e. The van der Waals surface area contributed by atoms with E-state index in [0.717, 1.165) is 5.69 Å². The maximum atomic E-state index is 11.5. The van der Waals surface area contributed by atoms with E-state index in [-0.39, 0.29) is 5.91 Å². The summed E-state index contributed by atoms with van der Waals surface area (Å²) in [5, 5.41) is 8.77. The second-order valence-electron chi connectivity index (χ2n) is 3.81. The molecular formula is C12H15N3O. The van der Waals surface area contributed by atoms with E-state index in [4.69, 9.17) is 5.26 Å². The lowest BCUT2D eigenvalue weighted by Crippen LogP contribution is -2.34. The number of rotatable bonds is 3. The van der Waals surface area contributed by atoms with E-state index in [9.17, 15) is 4.79 Å². The predicted octanol–water partition coefficient (Wildman–Crippen LogP) is 1.08. The van der Waals surface area contributed by atoms with Gasteiger partial charge in [-0.15, -0.1) is 0 Å². The maximum Gasteiger partial charge on any atom is 0.241 e. The fraction of sp³-hybridized carbons (Fsp3) is 0.333. The van der Waals surface area contributed by atoms with Crippen LogP contribution >= 0.6 is 0 Å². The minimum absolute atomic E-state index is 0.0323. The highest BCUT2D eigenvalue weighted by Gasteiger charge is 2.09. The number of benzene rings is 1. The zero-order valence-electron chi connectivity index (χ0n) is 9.77. The number of nitriles is 1. The van der Waals surface area contributed by atoms with Crippen molar-refractivity contribution in [1.82, 2.24) is 4.90 Å². The summed E-state index contributed by atoms with van der Waals surface area (Å²) >= 11 is 0. The molecule has 0 radical (unpaired) electrons. The van der Waals surface area contributed by atoms with Gasteiger partial charge in [0.05, 0.1) is 18.2 Å². The van der Waals surface area contributed by atoms with Crippen molar-refractivity contribution in [3.63, 3.8) is 0 Å². The van der Waals surface area contributed by atoms with Crippen molar-refractivity contribution in [2.24, 2.45) is 0 Å². The van der Waals surface area contributed by atoms with E-state index < -0.39 is 0 Å². The van der Waals surface area contributed by atoms with E-state index >= 15 is 0 Å². The van der Waals surface area contributed by atoms with Crippen molar-refractivity contribution in [2.75, 3.05) is 32.6 Å². The third kappa shape index (κ3) is 2.99. The Morgan fingerprint density at radius 2 is 2.06 bits per heavy atom. The lowest BCUT2D eigenvalue weighted by Gasteiger charge is -2.21. The molecule has 0 unspecified atom stereocenters. The topological polar surface area (TPSA) is 47.3 Å². The molecule has 4 heteroatoms. The number of amides is 1. The molecule has 0 saturated carbocycles. The summed E-state index contributed by atoms with van der Waals surface area (Å²) in [6, 6.07) is 9.27. The monoisotopic (exact) mass is 217 g/mol. The van der Waals surface area contributed by atoms with Gasteiger partial charge in [0.1, 0.15) is 0 Å². The lowest BCUT2D eigenvalue weighted by atomic mass is 10.2. The van der Waals surface area contributed by atoms with E-state index in [0.29, 0.717) is 12.1 Å². The molecular weight excluding hydrogens is 202 g/mol. The van der Waals surface area contributed by atoms with Gasteiger partial charge in [0.15, 0.2) is 0 Å². The highest BCUT2D eigenvalue weighted by atomic mass is 16.2. The molecule has 16 heavy (non-hydrogen) atoms. The first kappa shape index (κ1) is 12.1. The predicted molar refractivity (Wildman–Crippen MR) is 63.1 cm³/mol. The molecule has 0 aliphatic carbocycles. The van der Waals surface area contributed by atoms with E-state index in [1.807, 2.05) is 24.1 Å². The number of carbonyl (C=O) groups excluding carboxylic acids is 1. The Hall–Kier alpha value is -2.02. The van der Waals surface area contributed by atoms with Crippen LogP contribution in [0.4, 0.5) is 5.69 Å². The Morgan fingerprint density at radius 1 is 1.38 bits per heavy atom. The Balaban J connectivity index is 2.77. The highest BCUT2D eigenvalue weighted by Crippen LogP contribution is 2.13. The molecule has 1 amide bonds. The number of anilines is 1. The van der Waals surface area contributed by atoms with E-state index in [1.54, 1.807) is 31.1 Å². The molecule has 0 atom stereocenters. The number of hydrogen-bond acceptors (Lipinski definition) is 3. The maximum absolute atomic E-state index is 11.5. The standard InChI is InChI=1S/C12H15N3O/c1-14(2)12(16)9-15(3)11-6-4-5-10(7-11)8-13/h4-7H,9H2,1-3H3. The van der Waals surface area contributed by atoms with E-state index in [2.05, 4.69) is 6.07 Å². The summed E-state index contributed by atoms with van der Waals surface area (Å²) < 4.78 is 0. The van der Waals surface area contributed by atoms with Crippen LogP contribution in [0, 0.1) is 11.3 Å². The van der Waals surface area contributed by atoms with Crippen LogP contribution in [-0.2, 0) is 4.79 Å². The van der Waals surface area contributed by atoms with E-state index in [1.165, 1.54) is 0 Å². The molecule has 0 spiro atoms. The van der Waals surface area contributed by atoms with Gasteiger partial charge in [-0.05, 0) is 18.2 Å². The summed E-state index contributed by atoms with van der Waals surface area (Å²) in [6.07, 6.45) is 0. The van der Waals surface area contributed by atoms with Crippen molar-refractivity contribution in [3.05, 3.63) is 29.8 Å². The fourth-order valence-corrected chi connectivity index (χ4v) is 1.25. The normalized spacial score (nSPS) is 9.38. The summed E-state index contributed by atoms with van der Waals surface area (Å²) in [5.41, 5.74) is 1.47. The van der Waals surface area contributed by atoms with Crippen LogP contribution < -0.4 is 4.90 Å². The van der Waals surface area contributed by atoms with Crippen LogP contribution in [0.15, 0.2) is 24.3 Å². The van der Waals surface area contributed by atoms with Gasteiger partial charge in [-0.3, -0.25) is 4.79 Å². The second kappa shape index (κ2) is 5.17. The Kier molecular flexibility index (Phi) is 3.90. The van der Waals surface area contributed by atoms with Crippen LogP contribution in [0.3, 0.4) is 0 Å². The number of nitrogens with zero attached hydrogens (tertiary/aromatic N) is 3. The molecule has 0 bridgehead atoms. The molecule has 0 N–H and O–H groups in total. The van der Waals surface area contributed by atoms with Crippen LogP contribution in [-0.4, -0.2) is 38.5 Å². The van der Waals surface area contributed by atoms with Gasteiger partial charge in [0, 0.05) is 26.8 Å². The molecule has 0 aromatic heterocycles. The first-order valence-electron chi connectivity index (χ1n) is 4.96. The first-order valence-corrected chi connectivity index (χ1v) is 4.96. The van der Waals surface area contributed by atoms with Crippen molar-refractivity contribution >= 4 is 11.6 Å². The molecule has 0 fully saturated rings. The molecule has 1 rings (SSSR count). The molecule has 1 aromatic carbocycles. The lowest BCUT2D eigenvalue weighted by molar-refractivity contribution is -0.127. The molecule has 0 aliphatic rings. The third-order valence-electron chi connectivity index (χ3n) is 2.29. The summed E-state index contributed by atoms with van der Waals surface area (Å²) in [4.78, 5) is 14.9. The third-order valence-corrected chi connectivity index (χ3v) is 2.29. The van der Waals surface area contributed by atoms with Crippen molar-refractivity contribution in [1.29, 1.82) is 5.26 Å². The van der Waals surface area contributed by atoms with Crippen LogP contribution in [0.25, 0.3) is 0 Å². The van der Waals surface area contributed by atoms with Gasteiger partial charge in [0.2, 0.25) is 5.91 Å². The number of hydrogen-bond donors (Lipinski definition) is 0. The van der Waals surface area contributed by atoms with Crippen LogP contribution in [0.1, 0.15) is 5.56 Å². The fourth-order valence-electron chi connectivity index (χ4n) is 1.25. The SMILES string of the molecule is CN(C)C(=O)CN(C)c1cccc(C#N)c1. The minimum Gasteiger partial charge on any atom is -0.365 e. The molecule has 4 nitrogen and oxygen atoms in total. The Labute approximate surface area is 95.7 Å². The molecule has 84 valence electrons. The van der Waals surface area contributed by atoms with Gasteiger partial charge < -0.3 is 9.80 Å². The quantitative estimate of drug-likeness (QED) is 0.761. The smallest absolute Gasteiger partial charge is 0.241 e. The number of likely N-dealkylation sites (N-methyl/N-ethyl adjacent to an activating group) is 2. The molecule has 0 heterocycles. The van der Waals surface area contributed by atoms with Gasteiger partial charge in [-0.25, -0.2) is 0 Å². The average Bonchev–Trinajstić information content (AvgIpc) is 2.28. The van der Waals surface area contributed by atoms with Gasteiger partial charge in [-0.2, -0.15) is 5.26 Å². The number of carbonyl (C=O) groups is 1. The van der Waals surface area contributed by atoms with Gasteiger partial charge in [0.25, 0.3) is 0 Å². The van der Waals surface area contributed by atoms with Crippen molar-refractivity contribution < 1.29 is 4.79 Å². The van der Waals surface area contributed by atoms with Gasteiger partial charge >= 0.3 is 0 Å². The van der Waals surface area contributed by atoms with Crippen LogP contribution in [0.5, 0.6) is 0 Å². The highest BCUT2D eigenvalue weighted by molar-refractivity contribution is 5.80. The van der Waals surface area contributed by atoms with Gasteiger partial charge in [-0.1, -0.05) is 6.07 Å². The Bertz CT molecular complexity index is 421. The Morgan fingerprint density at radius 3 is 2.62 bits per heavy atom. The second-order valence-corrected chi connectivity index (χ2v) is 3.81. The molecule has 0 saturated heterocycles. The minimum atomic E-state index is 0.0323. The van der Waals surface area contributed by atoms with Crippen molar-refractivity contribution in [3.8, 4) is 6.07 Å². The van der Waals surface area contributed by atoms with Crippen molar-refractivity contribution in [2.45, 2.75) is 0 Å². The summed E-state index contributed by atoms with van der Waals surface area (Å²) in [6.45, 7) is 0.307. The zero-order chi connectivity index (χ0) is 12.1.